The van der Waals surface area contributed by atoms with Gasteiger partial charge in [0.1, 0.15) is 5.60 Å². The molecular formula is C13H21ClO2. The summed E-state index contributed by atoms with van der Waals surface area (Å²) in [7, 11) is 0. The summed E-state index contributed by atoms with van der Waals surface area (Å²) in [6.45, 7) is 12.8. The summed E-state index contributed by atoms with van der Waals surface area (Å²) < 4.78 is 5.21. The fourth-order valence-corrected chi connectivity index (χ4v) is 1.63. The smallest absolute Gasteiger partial charge is 0.303 e. The lowest BCUT2D eigenvalue weighted by Crippen LogP contribution is -2.29. The first-order valence-corrected chi connectivity index (χ1v) is 5.93. The summed E-state index contributed by atoms with van der Waals surface area (Å²) in [5, 5.41) is -0.0696. The van der Waals surface area contributed by atoms with Gasteiger partial charge in [0.15, 0.2) is 0 Å². The molecule has 0 heterocycles. The minimum Gasteiger partial charge on any atom is -0.455 e. The van der Waals surface area contributed by atoms with Crippen LogP contribution >= 0.6 is 11.6 Å². The second-order valence-electron chi connectivity index (χ2n) is 4.13. The minimum atomic E-state index is -0.632. The van der Waals surface area contributed by atoms with Crippen molar-refractivity contribution in [1.82, 2.24) is 0 Å². The Kier molecular flexibility index (Phi) is 6.42. The number of ether oxygens (including phenoxy) is 1. The molecule has 2 nitrogen and oxygen atoms in total. The molecule has 0 aliphatic carbocycles. The highest BCUT2D eigenvalue weighted by molar-refractivity contribution is 6.22. The van der Waals surface area contributed by atoms with Crippen molar-refractivity contribution in [3.8, 4) is 0 Å². The highest BCUT2D eigenvalue weighted by Crippen LogP contribution is 2.25. The van der Waals surface area contributed by atoms with Crippen LogP contribution in [0.25, 0.3) is 0 Å². The zero-order chi connectivity index (χ0) is 12.8. The Morgan fingerprint density at radius 3 is 2.56 bits per heavy atom. The van der Waals surface area contributed by atoms with Gasteiger partial charge in [-0.15, -0.1) is 11.6 Å². The molecule has 2 atom stereocenters. The number of rotatable bonds is 7. The van der Waals surface area contributed by atoms with Crippen molar-refractivity contribution >= 4 is 17.6 Å². The third-order valence-electron chi connectivity index (χ3n) is 2.60. The SMILES string of the molecule is C=CC(C)(CCC(Cl)C(=C)CC)OC(C)=O. The molecular weight excluding hydrogens is 224 g/mol. The molecule has 2 unspecified atom stereocenters. The van der Waals surface area contributed by atoms with Gasteiger partial charge in [-0.25, -0.2) is 0 Å². The molecule has 0 radical (unpaired) electrons. The molecule has 92 valence electrons. The molecule has 0 N–H and O–H groups in total. The van der Waals surface area contributed by atoms with Crippen molar-refractivity contribution in [2.45, 2.75) is 51.0 Å². The lowest BCUT2D eigenvalue weighted by atomic mass is 9.96. The number of hydrogen-bond acceptors (Lipinski definition) is 2. The van der Waals surface area contributed by atoms with Crippen molar-refractivity contribution in [3.05, 3.63) is 24.8 Å². The largest absolute Gasteiger partial charge is 0.455 e. The van der Waals surface area contributed by atoms with E-state index in [9.17, 15) is 4.79 Å². The van der Waals surface area contributed by atoms with E-state index in [4.69, 9.17) is 16.3 Å². The Labute approximate surface area is 103 Å². The van der Waals surface area contributed by atoms with Crippen molar-refractivity contribution in [2.75, 3.05) is 0 Å². The van der Waals surface area contributed by atoms with Gasteiger partial charge in [0.2, 0.25) is 0 Å². The van der Waals surface area contributed by atoms with E-state index >= 15 is 0 Å². The Hall–Kier alpha value is -0.760. The van der Waals surface area contributed by atoms with E-state index in [0.717, 1.165) is 18.4 Å². The van der Waals surface area contributed by atoms with Crippen LogP contribution in [-0.4, -0.2) is 16.9 Å². The van der Waals surface area contributed by atoms with Gasteiger partial charge in [-0.3, -0.25) is 4.79 Å². The van der Waals surface area contributed by atoms with Gasteiger partial charge in [0.25, 0.3) is 0 Å². The third kappa shape index (κ3) is 5.36. The second-order valence-corrected chi connectivity index (χ2v) is 4.66. The van der Waals surface area contributed by atoms with Gasteiger partial charge in [0, 0.05) is 6.92 Å². The standard InChI is InChI=1S/C13H21ClO2/c1-6-10(3)12(14)8-9-13(5,7-2)16-11(4)15/h7,12H,2-3,6,8-9H2,1,4-5H3. The Balaban J connectivity index is 4.28. The van der Waals surface area contributed by atoms with Gasteiger partial charge in [-0.05, 0) is 32.3 Å². The number of alkyl halides is 1. The zero-order valence-electron chi connectivity index (χ0n) is 10.4. The molecule has 0 bridgehead atoms. The van der Waals surface area contributed by atoms with E-state index in [-0.39, 0.29) is 11.3 Å². The van der Waals surface area contributed by atoms with Crippen LogP contribution in [0.3, 0.4) is 0 Å². The number of esters is 1. The molecule has 0 saturated heterocycles. The normalized spacial score (nSPS) is 16.0. The van der Waals surface area contributed by atoms with Crippen LogP contribution in [0.15, 0.2) is 24.8 Å². The quantitative estimate of drug-likeness (QED) is 0.386. The van der Waals surface area contributed by atoms with Crippen LogP contribution in [0.1, 0.15) is 40.0 Å². The number of halogens is 1. The molecule has 0 amide bonds. The highest BCUT2D eigenvalue weighted by atomic mass is 35.5. The summed E-state index contributed by atoms with van der Waals surface area (Å²) in [4.78, 5) is 10.9. The van der Waals surface area contributed by atoms with E-state index in [2.05, 4.69) is 13.2 Å². The lowest BCUT2D eigenvalue weighted by Gasteiger charge is -2.26. The zero-order valence-corrected chi connectivity index (χ0v) is 11.1. The van der Waals surface area contributed by atoms with Crippen LogP contribution in [0, 0.1) is 0 Å². The predicted octanol–water partition coefficient (Wildman–Crippen LogP) is 3.85. The van der Waals surface area contributed by atoms with Gasteiger partial charge >= 0.3 is 5.97 Å². The van der Waals surface area contributed by atoms with Crippen LogP contribution in [0.2, 0.25) is 0 Å². The van der Waals surface area contributed by atoms with Crippen molar-refractivity contribution < 1.29 is 9.53 Å². The molecule has 0 aliphatic heterocycles. The topological polar surface area (TPSA) is 26.3 Å². The number of hydrogen-bond donors (Lipinski definition) is 0. The maximum Gasteiger partial charge on any atom is 0.303 e. The number of allylic oxidation sites excluding steroid dienone is 1. The summed E-state index contributed by atoms with van der Waals surface area (Å²) in [5.74, 6) is -0.303. The lowest BCUT2D eigenvalue weighted by molar-refractivity contribution is -0.151. The highest BCUT2D eigenvalue weighted by Gasteiger charge is 2.24. The Bertz CT molecular complexity index is 273. The van der Waals surface area contributed by atoms with Crippen molar-refractivity contribution in [3.63, 3.8) is 0 Å². The predicted molar refractivity (Wildman–Crippen MR) is 68.7 cm³/mol. The molecule has 3 heteroatoms. The average molecular weight is 245 g/mol. The average Bonchev–Trinajstić information content (AvgIpc) is 2.23. The van der Waals surface area contributed by atoms with Crippen LogP contribution in [0.4, 0.5) is 0 Å². The van der Waals surface area contributed by atoms with Gasteiger partial charge in [-0.2, -0.15) is 0 Å². The summed E-state index contributed by atoms with van der Waals surface area (Å²) in [6.07, 6.45) is 3.90. The molecule has 0 spiro atoms. The monoisotopic (exact) mass is 244 g/mol. The molecule has 0 aliphatic rings. The molecule has 0 aromatic rings. The van der Waals surface area contributed by atoms with Crippen LogP contribution in [0.5, 0.6) is 0 Å². The van der Waals surface area contributed by atoms with Crippen LogP contribution < -0.4 is 0 Å². The van der Waals surface area contributed by atoms with E-state index in [1.165, 1.54) is 6.92 Å². The Morgan fingerprint density at radius 2 is 2.19 bits per heavy atom. The summed E-state index contributed by atoms with van der Waals surface area (Å²) >= 11 is 6.16. The van der Waals surface area contributed by atoms with Gasteiger partial charge < -0.3 is 4.74 Å². The molecule has 0 fully saturated rings. The molecule has 0 aromatic heterocycles. The third-order valence-corrected chi connectivity index (χ3v) is 3.13. The first-order valence-electron chi connectivity index (χ1n) is 5.49. The fraction of sp³-hybridized carbons (Fsp3) is 0.615. The maximum absolute atomic E-state index is 10.9. The van der Waals surface area contributed by atoms with Gasteiger partial charge in [0.05, 0.1) is 5.38 Å². The van der Waals surface area contributed by atoms with E-state index in [1.54, 1.807) is 6.08 Å². The summed E-state index contributed by atoms with van der Waals surface area (Å²) in [6, 6.07) is 0. The van der Waals surface area contributed by atoms with E-state index in [1.807, 2.05) is 13.8 Å². The van der Waals surface area contributed by atoms with Crippen LogP contribution in [-0.2, 0) is 9.53 Å². The molecule has 16 heavy (non-hydrogen) atoms. The van der Waals surface area contributed by atoms with Crippen molar-refractivity contribution in [2.24, 2.45) is 0 Å². The number of carbonyl (C=O) groups excluding carboxylic acids is 1. The fourth-order valence-electron chi connectivity index (χ4n) is 1.36. The molecule has 0 aromatic carbocycles. The summed E-state index contributed by atoms with van der Waals surface area (Å²) in [5.41, 5.74) is 0.378. The first kappa shape index (κ1) is 15.2. The number of carbonyl (C=O) groups is 1. The minimum absolute atomic E-state index is 0.0696. The van der Waals surface area contributed by atoms with E-state index < -0.39 is 5.60 Å². The molecule has 0 rings (SSSR count). The van der Waals surface area contributed by atoms with Gasteiger partial charge in [-0.1, -0.05) is 25.7 Å². The molecule has 0 saturated carbocycles. The maximum atomic E-state index is 10.9. The van der Waals surface area contributed by atoms with E-state index in [0.29, 0.717) is 6.42 Å². The second kappa shape index (κ2) is 6.74. The Morgan fingerprint density at radius 1 is 1.62 bits per heavy atom. The first-order chi connectivity index (χ1) is 7.34. The van der Waals surface area contributed by atoms with Crippen molar-refractivity contribution in [1.29, 1.82) is 0 Å².